The van der Waals surface area contributed by atoms with Crippen LogP contribution in [0.3, 0.4) is 0 Å². The number of nitrogens with two attached hydrogens (primary N) is 1. The van der Waals surface area contributed by atoms with Crippen molar-refractivity contribution in [2.24, 2.45) is 5.73 Å². The fourth-order valence-corrected chi connectivity index (χ4v) is 3.93. The number of nitrogens with one attached hydrogen (secondary N) is 1. The summed E-state index contributed by atoms with van der Waals surface area (Å²) in [5.41, 5.74) is 8.40. The molecule has 3 heterocycles. The number of amides is 1. The van der Waals surface area contributed by atoms with E-state index in [1.807, 2.05) is 36.1 Å². The lowest BCUT2D eigenvalue weighted by Gasteiger charge is -2.33. The van der Waals surface area contributed by atoms with Crippen molar-refractivity contribution in [2.45, 2.75) is 25.9 Å². The molecule has 3 aromatic rings. The highest BCUT2D eigenvalue weighted by Gasteiger charge is 2.22. The quantitative estimate of drug-likeness (QED) is 0.691. The number of piperazine rings is 1. The molecular weight excluding hydrogens is 356 g/mol. The first-order chi connectivity index (χ1) is 13.5. The molecule has 8 nitrogen and oxygen atoms in total. The fourth-order valence-electron chi connectivity index (χ4n) is 3.93. The molecule has 1 amide bonds. The van der Waals surface area contributed by atoms with Crippen molar-refractivity contribution >= 4 is 27.7 Å². The van der Waals surface area contributed by atoms with Crippen LogP contribution in [0, 0.1) is 6.92 Å². The minimum atomic E-state index is -0.432. The number of aromatic nitrogens is 3. The maximum atomic E-state index is 13.1. The molecule has 28 heavy (non-hydrogen) atoms. The number of pyridine rings is 1. The van der Waals surface area contributed by atoms with Gasteiger partial charge in [-0.05, 0) is 20.0 Å². The highest BCUT2D eigenvalue weighted by molar-refractivity contribution is 6.03. The van der Waals surface area contributed by atoms with Gasteiger partial charge in [0, 0.05) is 56.3 Å². The van der Waals surface area contributed by atoms with Gasteiger partial charge in [-0.3, -0.25) is 14.7 Å². The van der Waals surface area contributed by atoms with Crippen molar-refractivity contribution in [1.29, 1.82) is 0 Å². The molecule has 0 saturated carbocycles. The van der Waals surface area contributed by atoms with Crippen LogP contribution < -0.4 is 11.3 Å². The number of benzene rings is 1. The van der Waals surface area contributed by atoms with Crippen LogP contribution in [0.15, 0.2) is 29.1 Å². The highest BCUT2D eigenvalue weighted by atomic mass is 16.2. The van der Waals surface area contributed by atoms with Crippen molar-refractivity contribution in [3.05, 3.63) is 40.3 Å². The maximum Gasteiger partial charge on any atom is 0.262 e. The van der Waals surface area contributed by atoms with E-state index in [4.69, 9.17) is 5.73 Å². The van der Waals surface area contributed by atoms with Gasteiger partial charge in [-0.2, -0.15) is 5.10 Å². The van der Waals surface area contributed by atoms with Gasteiger partial charge >= 0.3 is 0 Å². The average Bonchev–Trinajstić information content (AvgIpc) is 3.07. The van der Waals surface area contributed by atoms with Crippen LogP contribution >= 0.6 is 0 Å². The van der Waals surface area contributed by atoms with Gasteiger partial charge in [-0.15, -0.1) is 0 Å². The summed E-state index contributed by atoms with van der Waals surface area (Å²) < 4.78 is 1.68. The Morgan fingerprint density at radius 1 is 1.25 bits per heavy atom. The van der Waals surface area contributed by atoms with Gasteiger partial charge in [0.25, 0.3) is 5.56 Å². The van der Waals surface area contributed by atoms with Gasteiger partial charge in [0.05, 0.1) is 10.9 Å². The Labute approximate surface area is 162 Å². The number of likely N-dealkylation sites (N-methyl/N-ethyl adjacent to an activating group) is 1. The van der Waals surface area contributed by atoms with Crippen LogP contribution in [0.1, 0.15) is 12.1 Å². The summed E-state index contributed by atoms with van der Waals surface area (Å²) in [5, 5.41) is 8.70. The molecule has 1 aliphatic heterocycles. The molecule has 1 unspecified atom stereocenters. The fraction of sp³-hybridized carbons (Fsp3) is 0.450. The van der Waals surface area contributed by atoms with Crippen molar-refractivity contribution < 1.29 is 4.79 Å². The SMILES string of the molecule is Cc1[nH]nc2c1c(=O)n(CC(N)CC(=O)N1CCN(C)CC1)c1ccccc21. The molecule has 8 heteroatoms. The number of hydrogen-bond donors (Lipinski definition) is 2. The molecule has 1 fully saturated rings. The molecular formula is C20H26N6O2. The maximum absolute atomic E-state index is 13.1. The first-order valence-corrected chi connectivity index (χ1v) is 9.64. The van der Waals surface area contributed by atoms with E-state index in [2.05, 4.69) is 22.1 Å². The third-order valence-corrected chi connectivity index (χ3v) is 5.57. The zero-order valence-corrected chi connectivity index (χ0v) is 16.3. The summed E-state index contributed by atoms with van der Waals surface area (Å²) in [7, 11) is 2.05. The first kappa shape index (κ1) is 18.6. The predicted octanol–water partition coefficient (Wildman–Crippen LogP) is 0.678. The molecule has 2 aromatic heterocycles. The van der Waals surface area contributed by atoms with Crippen molar-refractivity contribution in [3.63, 3.8) is 0 Å². The molecule has 0 bridgehead atoms. The Kier molecular flexibility index (Phi) is 4.91. The average molecular weight is 382 g/mol. The number of aromatic amines is 1. The minimum absolute atomic E-state index is 0.0542. The predicted molar refractivity (Wildman–Crippen MR) is 109 cm³/mol. The van der Waals surface area contributed by atoms with Crippen LogP contribution in [0.5, 0.6) is 0 Å². The minimum Gasteiger partial charge on any atom is -0.340 e. The number of carbonyl (C=O) groups is 1. The standard InChI is InChI=1S/C20H26N6O2/c1-13-18-19(23-22-13)15-5-3-4-6-16(15)26(20(18)28)12-14(21)11-17(27)25-9-7-24(2)8-10-25/h3-6,14H,7-12,21H2,1-2H3,(H,22,23). The second-order valence-electron chi connectivity index (χ2n) is 7.65. The van der Waals surface area contributed by atoms with Gasteiger partial charge < -0.3 is 20.1 Å². The summed E-state index contributed by atoms with van der Waals surface area (Å²) in [4.78, 5) is 29.8. The summed E-state index contributed by atoms with van der Waals surface area (Å²) in [6.07, 6.45) is 0.229. The Hall–Kier alpha value is -2.71. The van der Waals surface area contributed by atoms with Gasteiger partial charge in [0.2, 0.25) is 5.91 Å². The number of para-hydroxylation sites is 1. The van der Waals surface area contributed by atoms with E-state index in [0.29, 0.717) is 17.4 Å². The summed E-state index contributed by atoms with van der Waals surface area (Å²) in [5.74, 6) is 0.0542. The zero-order chi connectivity index (χ0) is 19.8. The van der Waals surface area contributed by atoms with E-state index < -0.39 is 6.04 Å². The van der Waals surface area contributed by atoms with Crippen LogP contribution in [0.4, 0.5) is 0 Å². The largest absolute Gasteiger partial charge is 0.340 e. The van der Waals surface area contributed by atoms with Crippen LogP contribution in [0.25, 0.3) is 21.8 Å². The van der Waals surface area contributed by atoms with Crippen molar-refractivity contribution in [1.82, 2.24) is 24.6 Å². The molecule has 3 N–H and O–H groups in total. The third-order valence-electron chi connectivity index (χ3n) is 5.57. The van der Waals surface area contributed by atoms with E-state index in [1.54, 1.807) is 4.57 Å². The Morgan fingerprint density at radius 2 is 1.96 bits per heavy atom. The van der Waals surface area contributed by atoms with Crippen LogP contribution in [-0.2, 0) is 11.3 Å². The summed E-state index contributed by atoms with van der Waals surface area (Å²) >= 11 is 0. The number of fused-ring (bicyclic) bond motifs is 3. The highest BCUT2D eigenvalue weighted by Crippen LogP contribution is 2.22. The molecule has 1 aliphatic rings. The van der Waals surface area contributed by atoms with E-state index >= 15 is 0 Å². The van der Waals surface area contributed by atoms with E-state index in [0.717, 1.165) is 42.8 Å². The third kappa shape index (κ3) is 3.29. The number of rotatable bonds is 4. The lowest BCUT2D eigenvalue weighted by atomic mass is 10.1. The summed E-state index contributed by atoms with van der Waals surface area (Å²) in [6, 6.07) is 7.24. The first-order valence-electron chi connectivity index (χ1n) is 9.64. The van der Waals surface area contributed by atoms with Crippen molar-refractivity contribution in [2.75, 3.05) is 33.2 Å². The lowest BCUT2D eigenvalue weighted by Crippen LogP contribution is -2.48. The molecule has 0 spiro atoms. The smallest absolute Gasteiger partial charge is 0.262 e. The lowest BCUT2D eigenvalue weighted by molar-refractivity contribution is -0.133. The van der Waals surface area contributed by atoms with Gasteiger partial charge in [-0.1, -0.05) is 18.2 Å². The molecule has 148 valence electrons. The van der Waals surface area contributed by atoms with Gasteiger partial charge in [0.1, 0.15) is 5.52 Å². The molecule has 0 radical (unpaired) electrons. The number of hydrogen-bond acceptors (Lipinski definition) is 5. The van der Waals surface area contributed by atoms with Crippen molar-refractivity contribution in [3.8, 4) is 0 Å². The molecule has 1 aromatic carbocycles. The molecule has 0 aliphatic carbocycles. The summed E-state index contributed by atoms with van der Waals surface area (Å²) in [6.45, 7) is 5.34. The Balaban J connectivity index is 1.62. The van der Waals surface area contributed by atoms with Crippen LogP contribution in [-0.4, -0.2) is 69.7 Å². The Bertz CT molecular complexity index is 1080. The second kappa shape index (κ2) is 7.37. The van der Waals surface area contributed by atoms with Gasteiger partial charge in [0.15, 0.2) is 0 Å². The number of nitrogens with zero attached hydrogens (tertiary/aromatic N) is 4. The van der Waals surface area contributed by atoms with E-state index in [-0.39, 0.29) is 17.9 Å². The molecule has 1 saturated heterocycles. The number of H-pyrrole nitrogens is 1. The number of aryl methyl sites for hydroxylation is 1. The van der Waals surface area contributed by atoms with Crippen LogP contribution in [0.2, 0.25) is 0 Å². The number of carbonyl (C=O) groups excluding carboxylic acids is 1. The van der Waals surface area contributed by atoms with E-state index in [1.165, 1.54) is 0 Å². The molecule has 4 rings (SSSR count). The second-order valence-corrected chi connectivity index (χ2v) is 7.65. The normalized spacial score (nSPS) is 16.8. The Morgan fingerprint density at radius 3 is 2.71 bits per heavy atom. The zero-order valence-electron chi connectivity index (χ0n) is 16.3. The molecule has 1 atom stereocenters. The topological polar surface area (TPSA) is 100 Å². The van der Waals surface area contributed by atoms with E-state index in [9.17, 15) is 9.59 Å². The van der Waals surface area contributed by atoms with Gasteiger partial charge in [-0.25, -0.2) is 0 Å². The monoisotopic (exact) mass is 382 g/mol.